The van der Waals surface area contributed by atoms with Crippen molar-refractivity contribution in [2.45, 2.75) is 12.3 Å². The lowest BCUT2D eigenvalue weighted by Crippen LogP contribution is -2.19. The highest BCUT2D eigenvalue weighted by Gasteiger charge is 2.21. The van der Waals surface area contributed by atoms with E-state index in [0.717, 1.165) is 0 Å². The molecule has 102 valence electrons. The van der Waals surface area contributed by atoms with Gasteiger partial charge in [-0.25, -0.2) is 22.9 Å². The van der Waals surface area contributed by atoms with Gasteiger partial charge in [-0.15, -0.1) is 11.3 Å². The predicted octanol–water partition coefficient (Wildman–Crippen LogP) is 2.09. The fourth-order valence-electron chi connectivity index (χ4n) is 1.90. The number of hydrogen-bond acceptors (Lipinski definition) is 4. The lowest BCUT2D eigenvalue weighted by atomic mass is 9.93. The molecule has 4 nitrogen and oxygen atoms in total. The van der Waals surface area contributed by atoms with E-state index in [1.54, 1.807) is 29.1 Å². The molecule has 1 heterocycles. The smallest absolute Gasteiger partial charge is 0.209 e. The Hall–Kier alpha value is -1.31. The Bertz CT molecular complexity index is 642. The zero-order chi connectivity index (χ0) is 13.9. The molecular formula is C12H13FN2O2S2. The molecule has 0 spiro atoms. The van der Waals surface area contributed by atoms with Gasteiger partial charge in [0.1, 0.15) is 5.82 Å². The summed E-state index contributed by atoms with van der Waals surface area (Å²) in [5.74, 6) is -0.968. The van der Waals surface area contributed by atoms with Crippen LogP contribution in [0.15, 0.2) is 35.2 Å². The van der Waals surface area contributed by atoms with Gasteiger partial charge >= 0.3 is 0 Å². The van der Waals surface area contributed by atoms with E-state index < -0.39 is 15.9 Å². The third kappa shape index (κ3) is 3.82. The summed E-state index contributed by atoms with van der Waals surface area (Å²) in [4.78, 5) is 4.15. The van der Waals surface area contributed by atoms with E-state index in [9.17, 15) is 12.8 Å². The van der Waals surface area contributed by atoms with E-state index in [1.807, 2.05) is 0 Å². The summed E-state index contributed by atoms with van der Waals surface area (Å²) >= 11 is 1.39. The normalized spacial score (nSPS) is 13.4. The Balaban J connectivity index is 2.33. The fraction of sp³-hybridized carbons (Fsp3) is 0.250. The number of sulfonamides is 1. The molecule has 0 fully saturated rings. The van der Waals surface area contributed by atoms with Crippen LogP contribution in [0.2, 0.25) is 0 Å². The number of aromatic nitrogens is 1. The number of halogens is 1. The molecule has 0 amide bonds. The molecule has 0 saturated heterocycles. The number of benzene rings is 1. The Morgan fingerprint density at radius 1 is 1.37 bits per heavy atom. The summed E-state index contributed by atoms with van der Waals surface area (Å²) < 4.78 is 36.0. The van der Waals surface area contributed by atoms with Gasteiger partial charge in [0, 0.05) is 11.3 Å². The first-order valence-corrected chi connectivity index (χ1v) is 8.26. The predicted molar refractivity (Wildman–Crippen MR) is 72.9 cm³/mol. The van der Waals surface area contributed by atoms with Gasteiger partial charge in [-0.2, -0.15) is 0 Å². The van der Waals surface area contributed by atoms with Gasteiger partial charge in [0.25, 0.3) is 0 Å². The monoisotopic (exact) mass is 300 g/mol. The maximum atomic E-state index is 13.8. The molecule has 1 aromatic heterocycles. The van der Waals surface area contributed by atoms with Gasteiger partial charge in [0.15, 0.2) is 0 Å². The number of hydrogen-bond donors (Lipinski definition) is 1. The number of thiazole rings is 1. The first-order chi connectivity index (χ1) is 8.97. The topological polar surface area (TPSA) is 73.1 Å². The second-order valence-electron chi connectivity index (χ2n) is 4.14. The van der Waals surface area contributed by atoms with Crippen LogP contribution in [0.5, 0.6) is 0 Å². The SMILES string of the molecule is NS(=O)(=O)CCC(c1cscn1)c1ccccc1F. The van der Waals surface area contributed by atoms with E-state index in [1.165, 1.54) is 17.4 Å². The number of rotatable bonds is 5. The van der Waals surface area contributed by atoms with Crippen LogP contribution in [-0.4, -0.2) is 19.2 Å². The highest BCUT2D eigenvalue weighted by molar-refractivity contribution is 7.89. The first kappa shape index (κ1) is 14.1. The second kappa shape index (κ2) is 5.77. The first-order valence-electron chi connectivity index (χ1n) is 5.60. The summed E-state index contributed by atoms with van der Waals surface area (Å²) in [7, 11) is -3.58. The van der Waals surface area contributed by atoms with Crippen molar-refractivity contribution in [3.63, 3.8) is 0 Å². The average molecular weight is 300 g/mol. The number of nitrogens with two attached hydrogens (primary N) is 1. The molecule has 2 rings (SSSR count). The van der Waals surface area contributed by atoms with Crippen LogP contribution in [0.4, 0.5) is 4.39 Å². The van der Waals surface area contributed by atoms with Gasteiger partial charge < -0.3 is 0 Å². The molecule has 1 unspecified atom stereocenters. The highest BCUT2D eigenvalue weighted by atomic mass is 32.2. The van der Waals surface area contributed by atoms with Crippen LogP contribution in [0.25, 0.3) is 0 Å². The average Bonchev–Trinajstić information content (AvgIpc) is 2.84. The largest absolute Gasteiger partial charge is 0.249 e. The van der Waals surface area contributed by atoms with Crippen LogP contribution in [0, 0.1) is 5.82 Å². The molecule has 2 N–H and O–H groups in total. The van der Waals surface area contributed by atoms with Crippen LogP contribution < -0.4 is 5.14 Å². The van der Waals surface area contributed by atoms with Gasteiger partial charge in [0.05, 0.1) is 17.0 Å². The van der Waals surface area contributed by atoms with Crippen molar-refractivity contribution >= 4 is 21.4 Å². The Morgan fingerprint density at radius 2 is 2.11 bits per heavy atom. The Labute approximate surface area is 115 Å². The van der Waals surface area contributed by atoms with E-state index >= 15 is 0 Å². The van der Waals surface area contributed by atoms with Crippen molar-refractivity contribution in [1.29, 1.82) is 0 Å². The molecular weight excluding hydrogens is 287 g/mol. The summed E-state index contributed by atoms with van der Waals surface area (Å²) in [5.41, 5.74) is 2.75. The number of nitrogens with zero attached hydrogens (tertiary/aromatic N) is 1. The highest BCUT2D eigenvalue weighted by Crippen LogP contribution is 2.29. The van der Waals surface area contributed by atoms with Gasteiger partial charge in [-0.05, 0) is 18.1 Å². The van der Waals surface area contributed by atoms with Crippen LogP contribution in [0.1, 0.15) is 23.6 Å². The van der Waals surface area contributed by atoms with Crippen LogP contribution in [-0.2, 0) is 10.0 Å². The summed E-state index contributed by atoms with van der Waals surface area (Å²) in [6.07, 6.45) is 0.212. The minimum Gasteiger partial charge on any atom is -0.249 e. The number of primary sulfonamides is 1. The molecule has 2 aromatic rings. The molecule has 0 bridgehead atoms. The fourth-order valence-corrected chi connectivity index (χ4v) is 3.07. The van der Waals surface area contributed by atoms with E-state index in [2.05, 4.69) is 4.98 Å². The van der Waals surface area contributed by atoms with E-state index in [-0.39, 0.29) is 18.0 Å². The van der Waals surface area contributed by atoms with Crippen LogP contribution >= 0.6 is 11.3 Å². The maximum Gasteiger partial charge on any atom is 0.209 e. The lowest BCUT2D eigenvalue weighted by Gasteiger charge is -2.15. The van der Waals surface area contributed by atoms with Gasteiger partial charge in [0.2, 0.25) is 10.0 Å². The Kier molecular flexibility index (Phi) is 4.28. The molecule has 0 aliphatic heterocycles. The zero-order valence-corrected chi connectivity index (χ0v) is 11.6. The third-order valence-electron chi connectivity index (χ3n) is 2.78. The van der Waals surface area contributed by atoms with Gasteiger partial charge in [-0.3, -0.25) is 0 Å². The van der Waals surface area contributed by atoms with Crippen molar-refractivity contribution in [3.05, 3.63) is 52.2 Å². The molecule has 0 aliphatic rings. The molecule has 0 aliphatic carbocycles. The molecule has 19 heavy (non-hydrogen) atoms. The maximum absolute atomic E-state index is 13.8. The summed E-state index contributed by atoms with van der Waals surface area (Å²) in [6, 6.07) is 6.31. The molecule has 1 aromatic carbocycles. The summed E-state index contributed by atoms with van der Waals surface area (Å²) in [6.45, 7) is 0. The van der Waals surface area contributed by atoms with Crippen LogP contribution in [0.3, 0.4) is 0 Å². The molecule has 1 atom stereocenters. The van der Waals surface area contributed by atoms with Crippen molar-refractivity contribution < 1.29 is 12.8 Å². The molecule has 0 radical (unpaired) electrons. The lowest BCUT2D eigenvalue weighted by molar-refractivity contribution is 0.576. The Morgan fingerprint density at radius 3 is 2.68 bits per heavy atom. The van der Waals surface area contributed by atoms with Crippen molar-refractivity contribution in [2.24, 2.45) is 5.14 Å². The summed E-state index contributed by atoms with van der Waals surface area (Å²) in [5, 5.41) is 6.81. The van der Waals surface area contributed by atoms with E-state index in [4.69, 9.17) is 5.14 Å². The quantitative estimate of drug-likeness (QED) is 0.919. The third-order valence-corrected chi connectivity index (χ3v) is 4.19. The second-order valence-corrected chi connectivity index (χ2v) is 6.60. The standard InChI is InChI=1S/C12H13FN2O2S2/c13-11-4-2-1-3-9(11)10(5-6-19(14,16)17)12-7-18-8-15-12/h1-4,7-8,10H,5-6H2,(H2,14,16,17). The van der Waals surface area contributed by atoms with Gasteiger partial charge in [-0.1, -0.05) is 18.2 Å². The minimum absolute atomic E-state index is 0.205. The molecule has 0 saturated carbocycles. The molecule has 7 heteroatoms. The van der Waals surface area contributed by atoms with Crippen molar-refractivity contribution in [1.82, 2.24) is 4.98 Å². The zero-order valence-electron chi connectivity index (χ0n) is 9.99. The minimum atomic E-state index is -3.58. The van der Waals surface area contributed by atoms with E-state index in [0.29, 0.717) is 11.3 Å². The van der Waals surface area contributed by atoms with Crippen molar-refractivity contribution in [2.75, 3.05) is 5.75 Å². The van der Waals surface area contributed by atoms with Crippen molar-refractivity contribution in [3.8, 4) is 0 Å².